The van der Waals surface area contributed by atoms with Crippen LogP contribution < -0.4 is 11.1 Å². The molecule has 2 unspecified atom stereocenters. The first-order valence-corrected chi connectivity index (χ1v) is 9.56. The number of sulfone groups is 1. The number of nitrogens with two attached hydrogens (primary N) is 1. The lowest BCUT2D eigenvalue weighted by Crippen LogP contribution is -2.36. The van der Waals surface area contributed by atoms with E-state index in [1.54, 1.807) is 24.3 Å². The maximum atomic E-state index is 12.0. The summed E-state index contributed by atoms with van der Waals surface area (Å²) in [6.07, 6.45) is 5.99. The topological polar surface area (TPSA) is 89.3 Å². The monoisotopic (exact) mass is 324 g/mol. The summed E-state index contributed by atoms with van der Waals surface area (Å²) in [6.45, 7) is 0.408. The Balaban J connectivity index is 1.83. The van der Waals surface area contributed by atoms with Crippen molar-refractivity contribution in [2.75, 3.05) is 6.26 Å². The molecule has 2 atom stereocenters. The predicted molar refractivity (Wildman–Crippen MR) is 85.9 cm³/mol. The number of carbonyl (C=O) groups is 1. The molecule has 1 aromatic rings. The van der Waals surface area contributed by atoms with Gasteiger partial charge in [0.1, 0.15) is 0 Å². The number of hydrogen-bond acceptors (Lipinski definition) is 4. The van der Waals surface area contributed by atoms with Gasteiger partial charge in [0.2, 0.25) is 5.91 Å². The minimum absolute atomic E-state index is 0.00883. The van der Waals surface area contributed by atoms with Crippen molar-refractivity contribution < 1.29 is 13.2 Å². The van der Waals surface area contributed by atoms with Gasteiger partial charge in [0.25, 0.3) is 0 Å². The fourth-order valence-electron chi connectivity index (χ4n) is 2.86. The molecule has 5 nitrogen and oxygen atoms in total. The first-order chi connectivity index (χ1) is 10.4. The molecule has 1 fully saturated rings. The lowest BCUT2D eigenvalue weighted by molar-refractivity contribution is -0.122. The van der Waals surface area contributed by atoms with Gasteiger partial charge in [-0.1, -0.05) is 25.0 Å². The Morgan fingerprint density at radius 3 is 2.45 bits per heavy atom. The zero-order chi connectivity index (χ0) is 16.2. The zero-order valence-corrected chi connectivity index (χ0v) is 13.7. The van der Waals surface area contributed by atoms with Crippen LogP contribution in [0.15, 0.2) is 29.2 Å². The number of benzene rings is 1. The highest BCUT2D eigenvalue weighted by Crippen LogP contribution is 2.25. The third kappa shape index (κ3) is 4.81. The van der Waals surface area contributed by atoms with Crippen LogP contribution in [0.5, 0.6) is 0 Å². The third-order valence-electron chi connectivity index (χ3n) is 4.26. The number of hydrogen-bond donors (Lipinski definition) is 2. The van der Waals surface area contributed by atoms with Gasteiger partial charge in [0.05, 0.1) is 4.90 Å². The van der Waals surface area contributed by atoms with E-state index < -0.39 is 9.84 Å². The number of amides is 1. The first-order valence-electron chi connectivity index (χ1n) is 7.67. The van der Waals surface area contributed by atoms with Gasteiger partial charge in [0, 0.05) is 25.3 Å². The fourth-order valence-corrected chi connectivity index (χ4v) is 3.49. The van der Waals surface area contributed by atoms with E-state index in [0.29, 0.717) is 13.0 Å². The van der Waals surface area contributed by atoms with Gasteiger partial charge in [-0.05, 0) is 36.5 Å². The van der Waals surface area contributed by atoms with E-state index in [2.05, 4.69) is 5.32 Å². The van der Waals surface area contributed by atoms with Crippen LogP contribution in [0.25, 0.3) is 0 Å². The largest absolute Gasteiger partial charge is 0.352 e. The minimum Gasteiger partial charge on any atom is -0.352 e. The van der Waals surface area contributed by atoms with Gasteiger partial charge in [-0.3, -0.25) is 4.79 Å². The second-order valence-electron chi connectivity index (χ2n) is 6.11. The van der Waals surface area contributed by atoms with Crippen molar-refractivity contribution in [2.24, 2.45) is 11.7 Å². The van der Waals surface area contributed by atoms with Crippen LogP contribution in [0.3, 0.4) is 0 Å². The fraction of sp³-hybridized carbons (Fsp3) is 0.562. The standard InChI is InChI=1S/C16H24N2O3S/c1-22(20,21)14-8-6-12(7-9-14)11-18-16(19)10-13-4-2-3-5-15(13)17/h6-9,13,15H,2-5,10-11,17H2,1H3,(H,18,19). The Morgan fingerprint density at radius 2 is 1.86 bits per heavy atom. The molecule has 6 heteroatoms. The van der Waals surface area contributed by atoms with Crippen molar-refractivity contribution >= 4 is 15.7 Å². The molecule has 2 rings (SSSR count). The smallest absolute Gasteiger partial charge is 0.220 e. The molecule has 0 spiro atoms. The molecule has 1 saturated carbocycles. The van der Waals surface area contributed by atoms with Crippen LogP contribution in [0.1, 0.15) is 37.7 Å². The van der Waals surface area contributed by atoms with E-state index in [1.165, 1.54) is 6.26 Å². The molecular weight excluding hydrogens is 300 g/mol. The molecule has 22 heavy (non-hydrogen) atoms. The quantitative estimate of drug-likeness (QED) is 0.861. The third-order valence-corrected chi connectivity index (χ3v) is 5.39. The summed E-state index contributed by atoms with van der Waals surface area (Å²) in [6, 6.07) is 6.71. The van der Waals surface area contributed by atoms with Crippen LogP contribution >= 0.6 is 0 Å². The van der Waals surface area contributed by atoms with E-state index in [0.717, 1.165) is 31.2 Å². The Morgan fingerprint density at radius 1 is 1.23 bits per heavy atom. The number of carbonyl (C=O) groups excluding carboxylic acids is 1. The highest BCUT2D eigenvalue weighted by Gasteiger charge is 2.23. The van der Waals surface area contributed by atoms with Gasteiger partial charge in [0.15, 0.2) is 9.84 Å². The second-order valence-corrected chi connectivity index (χ2v) is 8.12. The van der Waals surface area contributed by atoms with Crippen molar-refractivity contribution in [2.45, 2.75) is 49.6 Å². The summed E-state index contributed by atoms with van der Waals surface area (Å²) in [4.78, 5) is 12.3. The molecule has 1 aliphatic rings. The first kappa shape index (κ1) is 17.0. The van der Waals surface area contributed by atoms with Crippen molar-refractivity contribution in [3.05, 3.63) is 29.8 Å². The summed E-state index contributed by atoms with van der Waals surface area (Å²) < 4.78 is 22.8. The highest BCUT2D eigenvalue weighted by atomic mass is 32.2. The average molecular weight is 324 g/mol. The number of nitrogens with one attached hydrogen (secondary N) is 1. The van der Waals surface area contributed by atoms with Crippen molar-refractivity contribution in [1.29, 1.82) is 0 Å². The summed E-state index contributed by atoms with van der Waals surface area (Å²) in [5, 5.41) is 2.88. The molecule has 0 bridgehead atoms. The highest BCUT2D eigenvalue weighted by molar-refractivity contribution is 7.90. The molecule has 1 aliphatic carbocycles. The van der Waals surface area contributed by atoms with E-state index >= 15 is 0 Å². The summed E-state index contributed by atoms with van der Waals surface area (Å²) in [7, 11) is -3.18. The van der Waals surface area contributed by atoms with E-state index in [1.807, 2.05) is 0 Å². The maximum Gasteiger partial charge on any atom is 0.220 e. The van der Waals surface area contributed by atoms with Crippen LogP contribution in [0, 0.1) is 5.92 Å². The van der Waals surface area contributed by atoms with Gasteiger partial charge in [-0.25, -0.2) is 8.42 Å². The zero-order valence-electron chi connectivity index (χ0n) is 12.9. The van der Waals surface area contributed by atoms with Crippen molar-refractivity contribution in [1.82, 2.24) is 5.32 Å². The van der Waals surface area contributed by atoms with Crippen LogP contribution in [-0.2, 0) is 21.2 Å². The normalized spacial score (nSPS) is 22.3. The Kier molecular flexibility index (Phi) is 5.58. The Hall–Kier alpha value is -1.40. The van der Waals surface area contributed by atoms with E-state index in [9.17, 15) is 13.2 Å². The lowest BCUT2D eigenvalue weighted by atomic mass is 9.83. The SMILES string of the molecule is CS(=O)(=O)c1ccc(CNC(=O)CC2CCCCC2N)cc1. The van der Waals surface area contributed by atoms with Crippen molar-refractivity contribution in [3.63, 3.8) is 0 Å². The van der Waals surface area contributed by atoms with Gasteiger partial charge in [-0.15, -0.1) is 0 Å². The molecule has 0 radical (unpaired) electrons. The van der Waals surface area contributed by atoms with Gasteiger partial charge < -0.3 is 11.1 Å². The molecule has 122 valence electrons. The Bertz CT molecular complexity index is 611. The summed E-state index contributed by atoms with van der Waals surface area (Å²) in [5.41, 5.74) is 6.94. The Labute approximate surface area is 132 Å². The maximum absolute atomic E-state index is 12.0. The van der Waals surface area contributed by atoms with Crippen LogP contribution in [0.2, 0.25) is 0 Å². The minimum atomic E-state index is -3.18. The molecule has 1 amide bonds. The van der Waals surface area contributed by atoms with Gasteiger partial charge in [-0.2, -0.15) is 0 Å². The van der Waals surface area contributed by atoms with E-state index in [4.69, 9.17) is 5.73 Å². The van der Waals surface area contributed by atoms with Crippen LogP contribution in [0.4, 0.5) is 0 Å². The van der Waals surface area contributed by atoms with Crippen molar-refractivity contribution in [3.8, 4) is 0 Å². The molecule has 0 aromatic heterocycles. The molecule has 0 aliphatic heterocycles. The molecule has 3 N–H and O–H groups in total. The second kappa shape index (κ2) is 7.24. The molecular formula is C16H24N2O3S. The lowest BCUT2D eigenvalue weighted by Gasteiger charge is -2.27. The molecule has 0 saturated heterocycles. The van der Waals surface area contributed by atoms with Crippen LogP contribution in [-0.4, -0.2) is 26.6 Å². The van der Waals surface area contributed by atoms with E-state index in [-0.39, 0.29) is 22.8 Å². The molecule has 1 aromatic carbocycles. The average Bonchev–Trinajstić information content (AvgIpc) is 2.47. The van der Waals surface area contributed by atoms with Gasteiger partial charge >= 0.3 is 0 Å². The molecule has 0 heterocycles. The summed E-state index contributed by atoms with van der Waals surface area (Å²) >= 11 is 0. The summed E-state index contributed by atoms with van der Waals surface area (Å²) in [5.74, 6) is 0.288. The predicted octanol–water partition coefficient (Wildman–Crippen LogP) is 1.61. The number of rotatable bonds is 5.